The Balaban J connectivity index is 2.07. The van der Waals surface area contributed by atoms with Crippen LogP contribution in [0.1, 0.15) is 42.4 Å². The van der Waals surface area contributed by atoms with Crippen molar-refractivity contribution in [3.8, 4) is 5.75 Å². The lowest BCUT2D eigenvalue weighted by Gasteiger charge is -2.32. The number of rotatable bonds is 3. The SMILES string of the molecule is CC[C@@H]1Cc2ccc(OC)cc2[C@@H](c2ccc(Cl)c(Cl)c2)C1. The molecule has 2 atom stereocenters. The molecule has 0 amide bonds. The van der Waals surface area contributed by atoms with Gasteiger partial charge in [0.2, 0.25) is 0 Å². The van der Waals surface area contributed by atoms with Gasteiger partial charge in [-0.15, -0.1) is 0 Å². The molecule has 116 valence electrons. The van der Waals surface area contributed by atoms with Crippen molar-refractivity contribution < 1.29 is 4.74 Å². The first-order valence-electron chi connectivity index (χ1n) is 7.74. The van der Waals surface area contributed by atoms with Gasteiger partial charge in [-0.2, -0.15) is 0 Å². The third kappa shape index (κ3) is 2.98. The molecule has 3 heteroatoms. The summed E-state index contributed by atoms with van der Waals surface area (Å²) in [7, 11) is 1.72. The quantitative estimate of drug-likeness (QED) is 0.658. The molecule has 0 heterocycles. The highest BCUT2D eigenvalue weighted by atomic mass is 35.5. The van der Waals surface area contributed by atoms with Gasteiger partial charge < -0.3 is 4.74 Å². The van der Waals surface area contributed by atoms with E-state index in [9.17, 15) is 0 Å². The minimum absolute atomic E-state index is 0.360. The lowest BCUT2D eigenvalue weighted by Crippen LogP contribution is -2.19. The summed E-state index contributed by atoms with van der Waals surface area (Å²) in [6.07, 6.45) is 3.49. The second-order valence-corrected chi connectivity index (χ2v) is 6.82. The van der Waals surface area contributed by atoms with Crippen LogP contribution in [0.3, 0.4) is 0 Å². The van der Waals surface area contributed by atoms with E-state index in [0.717, 1.165) is 18.6 Å². The van der Waals surface area contributed by atoms with Crippen LogP contribution in [0.5, 0.6) is 5.75 Å². The van der Waals surface area contributed by atoms with Gasteiger partial charge in [0.25, 0.3) is 0 Å². The Bertz CT molecular complexity index is 681. The molecule has 1 aliphatic rings. The van der Waals surface area contributed by atoms with E-state index in [1.165, 1.54) is 23.1 Å². The van der Waals surface area contributed by atoms with E-state index in [-0.39, 0.29) is 0 Å². The molecule has 22 heavy (non-hydrogen) atoms. The molecule has 0 N–H and O–H groups in total. The normalized spacial score (nSPS) is 20.5. The fourth-order valence-electron chi connectivity index (χ4n) is 3.42. The topological polar surface area (TPSA) is 9.23 Å². The zero-order valence-electron chi connectivity index (χ0n) is 12.9. The van der Waals surface area contributed by atoms with Gasteiger partial charge in [-0.25, -0.2) is 0 Å². The van der Waals surface area contributed by atoms with Gasteiger partial charge in [-0.05, 0) is 59.7 Å². The van der Waals surface area contributed by atoms with Crippen molar-refractivity contribution in [3.63, 3.8) is 0 Å². The molecule has 0 saturated carbocycles. The average Bonchev–Trinajstić information content (AvgIpc) is 2.55. The lowest BCUT2D eigenvalue weighted by molar-refractivity contribution is 0.401. The molecule has 2 aromatic rings. The van der Waals surface area contributed by atoms with Crippen LogP contribution < -0.4 is 4.74 Å². The van der Waals surface area contributed by atoms with Crippen LogP contribution in [0, 0.1) is 5.92 Å². The number of hydrogen-bond acceptors (Lipinski definition) is 1. The summed E-state index contributed by atoms with van der Waals surface area (Å²) in [5, 5.41) is 1.24. The maximum absolute atomic E-state index is 6.23. The monoisotopic (exact) mass is 334 g/mol. The van der Waals surface area contributed by atoms with Gasteiger partial charge in [0.05, 0.1) is 17.2 Å². The number of halogens is 2. The van der Waals surface area contributed by atoms with E-state index in [1.807, 2.05) is 12.1 Å². The van der Waals surface area contributed by atoms with Crippen molar-refractivity contribution >= 4 is 23.2 Å². The molecule has 0 fully saturated rings. The molecular formula is C19H20Cl2O. The Morgan fingerprint density at radius 2 is 1.91 bits per heavy atom. The average molecular weight is 335 g/mol. The van der Waals surface area contributed by atoms with Crippen molar-refractivity contribution in [3.05, 3.63) is 63.1 Å². The van der Waals surface area contributed by atoms with Crippen molar-refractivity contribution in [1.82, 2.24) is 0 Å². The summed E-state index contributed by atoms with van der Waals surface area (Å²) < 4.78 is 5.41. The number of fused-ring (bicyclic) bond motifs is 1. The summed E-state index contributed by atoms with van der Waals surface area (Å²) in [4.78, 5) is 0. The number of ether oxygens (including phenoxy) is 1. The zero-order valence-corrected chi connectivity index (χ0v) is 14.4. The zero-order chi connectivity index (χ0) is 15.7. The van der Waals surface area contributed by atoms with E-state index >= 15 is 0 Å². The Kier molecular flexibility index (Phi) is 4.65. The first-order valence-corrected chi connectivity index (χ1v) is 8.49. The molecule has 0 aliphatic heterocycles. The number of hydrogen-bond donors (Lipinski definition) is 0. The maximum atomic E-state index is 6.23. The summed E-state index contributed by atoms with van der Waals surface area (Å²) in [6.45, 7) is 2.27. The highest BCUT2D eigenvalue weighted by molar-refractivity contribution is 6.42. The van der Waals surface area contributed by atoms with E-state index < -0.39 is 0 Å². The lowest BCUT2D eigenvalue weighted by atomic mass is 9.73. The second-order valence-electron chi connectivity index (χ2n) is 6.00. The minimum atomic E-state index is 0.360. The summed E-state index contributed by atoms with van der Waals surface area (Å²) in [6, 6.07) is 12.4. The molecule has 0 saturated heterocycles. The fourth-order valence-corrected chi connectivity index (χ4v) is 3.73. The van der Waals surface area contributed by atoms with Crippen LogP contribution in [0.4, 0.5) is 0 Å². The second kappa shape index (κ2) is 6.52. The summed E-state index contributed by atoms with van der Waals surface area (Å²) >= 11 is 12.3. The van der Waals surface area contributed by atoms with E-state index in [1.54, 1.807) is 7.11 Å². The summed E-state index contributed by atoms with van der Waals surface area (Å²) in [5.41, 5.74) is 4.03. The minimum Gasteiger partial charge on any atom is -0.497 e. The van der Waals surface area contributed by atoms with Crippen LogP contribution in [0.25, 0.3) is 0 Å². The molecule has 0 radical (unpaired) electrons. The van der Waals surface area contributed by atoms with Crippen molar-refractivity contribution in [1.29, 1.82) is 0 Å². The predicted molar refractivity (Wildman–Crippen MR) is 93.4 cm³/mol. The number of methoxy groups -OCH3 is 1. The smallest absolute Gasteiger partial charge is 0.119 e. The first kappa shape index (κ1) is 15.7. The highest BCUT2D eigenvalue weighted by Gasteiger charge is 2.28. The highest BCUT2D eigenvalue weighted by Crippen LogP contribution is 2.42. The van der Waals surface area contributed by atoms with Crippen LogP contribution >= 0.6 is 23.2 Å². The van der Waals surface area contributed by atoms with Crippen LogP contribution in [0.15, 0.2) is 36.4 Å². The van der Waals surface area contributed by atoms with Crippen LogP contribution in [-0.2, 0) is 6.42 Å². The molecule has 0 spiro atoms. The fraction of sp³-hybridized carbons (Fsp3) is 0.368. The molecule has 1 nitrogen and oxygen atoms in total. The van der Waals surface area contributed by atoms with Crippen molar-refractivity contribution in [2.24, 2.45) is 5.92 Å². The van der Waals surface area contributed by atoms with Crippen LogP contribution in [0.2, 0.25) is 10.0 Å². The standard InChI is InChI=1S/C19H20Cl2O/c1-3-12-8-13-4-6-15(22-2)11-17(13)16(9-12)14-5-7-18(20)19(21)10-14/h4-7,10-12,16H,3,8-9H2,1-2H3/t12-,16-/m1/s1. The third-order valence-corrected chi connectivity index (χ3v) is 5.47. The van der Waals surface area contributed by atoms with Crippen LogP contribution in [-0.4, -0.2) is 7.11 Å². The van der Waals surface area contributed by atoms with Gasteiger partial charge in [0.15, 0.2) is 0 Å². The molecule has 2 aromatic carbocycles. The maximum Gasteiger partial charge on any atom is 0.119 e. The Hall–Kier alpha value is -1.18. The van der Waals surface area contributed by atoms with Crippen molar-refractivity contribution in [2.45, 2.75) is 32.1 Å². The number of benzene rings is 2. The van der Waals surface area contributed by atoms with Gasteiger partial charge in [0.1, 0.15) is 5.75 Å². The first-order chi connectivity index (χ1) is 10.6. The van der Waals surface area contributed by atoms with Gasteiger partial charge >= 0.3 is 0 Å². The van der Waals surface area contributed by atoms with E-state index in [0.29, 0.717) is 21.9 Å². The Morgan fingerprint density at radius 1 is 1.09 bits per heavy atom. The molecule has 0 unspecified atom stereocenters. The Labute approximate surface area is 142 Å². The molecular weight excluding hydrogens is 315 g/mol. The van der Waals surface area contributed by atoms with Gasteiger partial charge in [-0.3, -0.25) is 0 Å². The van der Waals surface area contributed by atoms with Crippen molar-refractivity contribution in [2.75, 3.05) is 7.11 Å². The predicted octanol–water partition coefficient (Wildman–Crippen LogP) is 6.11. The molecule has 3 rings (SSSR count). The van der Waals surface area contributed by atoms with Gasteiger partial charge in [0, 0.05) is 5.92 Å². The molecule has 1 aliphatic carbocycles. The molecule has 0 aromatic heterocycles. The van der Waals surface area contributed by atoms with E-state index in [2.05, 4.69) is 31.2 Å². The summed E-state index contributed by atoms with van der Waals surface area (Å²) in [5.74, 6) is 1.98. The molecule has 0 bridgehead atoms. The largest absolute Gasteiger partial charge is 0.497 e. The third-order valence-electron chi connectivity index (χ3n) is 4.73. The van der Waals surface area contributed by atoms with E-state index in [4.69, 9.17) is 27.9 Å². The Morgan fingerprint density at radius 3 is 2.59 bits per heavy atom. The van der Waals surface area contributed by atoms with Gasteiger partial charge in [-0.1, -0.05) is 48.7 Å².